The number of esters is 5. The Bertz CT molecular complexity index is 2290. The van der Waals surface area contributed by atoms with Crippen molar-refractivity contribution in [1.29, 1.82) is 0 Å². The van der Waals surface area contributed by atoms with Gasteiger partial charge in [0, 0.05) is 11.8 Å². The largest absolute Gasteiger partial charge is 0.459 e. The second-order valence-corrected chi connectivity index (χ2v) is 15.4. The molecule has 2 aliphatic heterocycles. The molecule has 0 amide bonds. The standard InChI is InChI=1S/C50H48O13/c1-31-32(2)42(60-46(53)36-23-13-6-14-24-36)49(58-39(31)29-56-44(51)34-19-9-4-10-20-34)62-41-33(3)43(61-47(54)37-25-15-7-16-26-37)50(63-48(55)38-27-17-8-18-28-38)59-40(41)30-57-45(52)35-21-11-5-12-22-35/h4-28,31-33,39-43,49-50H,29-30H2,1-3H3/t31-,32+,33+,39?,40?,41+,42?,43?,49+,50+/m1/s1. The molecule has 0 saturated carbocycles. The summed E-state index contributed by atoms with van der Waals surface area (Å²) in [6, 6.07) is 41.8. The van der Waals surface area contributed by atoms with Gasteiger partial charge in [-0.25, -0.2) is 24.0 Å². The monoisotopic (exact) mass is 856 g/mol. The van der Waals surface area contributed by atoms with Crippen molar-refractivity contribution in [3.05, 3.63) is 179 Å². The van der Waals surface area contributed by atoms with Crippen LogP contribution in [0.3, 0.4) is 0 Å². The van der Waals surface area contributed by atoms with Crippen LogP contribution in [0.4, 0.5) is 0 Å². The number of ether oxygens (including phenoxy) is 8. The molecule has 2 saturated heterocycles. The average molecular weight is 857 g/mol. The summed E-state index contributed by atoms with van der Waals surface area (Å²) in [5.74, 6) is -4.95. The van der Waals surface area contributed by atoms with E-state index in [0.717, 1.165) is 0 Å². The zero-order valence-electron chi connectivity index (χ0n) is 34.9. The number of hydrogen-bond donors (Lipinski definition) is 0. The van der Waals surface area contributed by atoms with E-state index in [4.69, 9.17) is 37.9 Å². The maximum Gasteiger partial charge on any atom is 0.340 e. The molecule has 10 atom stereocenters. The Morgan fingerprint density at radius 3 is 1.13 bits per heavy atom. The summed E-state index contributed by atoms with van der Waals surface area (Å²) < 4.78 is 49.7. The Balaban J connectivity index is 1.22. The highest BCUT2D eigenvalue weighted by molar-refractivity contribution is 5.91. The van der Waals surface area contributed by atoms with Crippen molar-refractivity contribution in [3.63, 3.8) is 0 Å². The maximum absolute atomic E-state index is 13.7. The van der Waals surface area contributed by atoms with Crippen LogP contribution in [0.15, 0.2) is 152 Å². The molecule has 2 fully saturated rings. The predicted octanol–water partition coefficient (Wildman–Crippen LogP) is 7.75. The second kappa shape index (κ2) is 20.9. The first kappa shape index (κ1) is 44.4. The smallest absolute Gasteiger partial charge is 0.340 e. The first-order valence-corrected chi connectivity index (χ1v) is 20.8. The molecule has 0 aromatic heterocycles. The molecule has 13 nitrogen and oxygen atoms in total. The summed E-state index contributed by atoms with van der Waals surface area (Å²) in [6.07, 6.45) is -8.22. The van der Waals surface area contributed by atoms with Gasteiger partial charge in [-0.05, 0) is 66.6 Å². The van der Waals surface area contributed by atoms with Crippen LogP contribution in [-0.4, -0.2) is 86.2 Å². The van der Waals surface area contributed by atoms with Gasteiger partial charge in [0.1, 0.15) is 19.3 Å². The molecular weight excluding hydrogens is 809 g/mol. The van der Waals surface area contributed by atoms with Crippen LogP contribution in [0.2, 0.25) is 0 Å². The lowest BCUT2D eigenvalue weighted by molar-refractivity contribution is -0.335. The molecule has 0 N–H and O–H groups in total. The fourth-order valence-electron chi connectivity index (χ4n) is 7.49. The number of benzene rings is 5. The predicted molar refractivity (Wildman–Crippen MR) is 226 cm³/mol. The summed E-state index contributed by atoms with van der Waals surface area (Å²) in [6.45, 7) is 4.91. The van der Waals surface area contributed by atoms with Gasteiger partial charge in [-0.3, -0.25) is 0 Å². The van der Waals surface area contributed by atoms with Crippen LogP contribution in [-0.2, 0) is 37.9 Å². The van der Waals surface area contributed by atoms with E-state index >= 15 is 0 Å². The van der Waals surface area contributed by atoms with Crippen molar-refractivity contribution in [2.24, 2.45) is 17.8 Å². The quantitative estimate of drug-likeness (QED) is 0.0789. The minimum Gasteiger partial charge on any atom is -0.459 e. The van der Waals surface area contributed by atoms with Gasteiger partial charge in [0.2, 0.25) is 6.29 Å². The highest BCUT2D eigenvalue weighted by Gasteiger charge is 2.53. The molecule has 0 spiro atoms. The van der Waals surface area contributed by atoms with E-state index in [9.17, 15) is 24.0 Å². The lowest BCUT2D eigenvalue weighted by atomic mass is 9.83. The summed E-state index contributed by atoms with van der Waals surface area (Å²) in [5.41, 5.74) is 1.38. The van der Waals surface area contributed by atoms with Crippen LogP contribution in [0.1, 0.15) is 72.6 Å². The van der Waals surface area contributed by atoms with Crippen LogP contribution < -0.4 is 0 Å². The van der Waals surface area contributed by atoms with E-state index in [1.807, 2.05) is 13.8 Å². The molecule has 2 heterocycles. The molecule has 63 heavy (non-hydrogen) atoms. The number of carbonyl (C=O) groups is 5. The third kappa shape index (κ3) is 11.1. The van der Waals surface area contributed by atoms with Gasteiger partial charge >= 0.3 is 29.8 Å². The van der Waals surface area contributed by atoms with Gasteiger partial charge < -0.3 is 37.9 Å². The van der Waals surface area contributed by atoms with Crippen molar-refractivity contribution in [1.82, 2.24) is 0 Å². The number of hydrogen-bond acceptors (Lipinski definition) is 13. The molecule has 326 valence electrons. The Kier molecular flexibility index (Phi) is 14.7. The molecule has 7 rings (SSSR count). The van der Waals surface area contributed by atoms with Crippen molar-refractivity contribution in [2.45, 2.75) is 63.9 Å². The third-order valence-corrected chi connectivity index (χ3v) is 11.3. The van der Waals surface area contributed by atoms with Gasteiger partial charge in [0.15, 0.2) is 18.5 Å². The molecule has 13 heteroatoms. The zero-order chi connectivity index (χ0) is 44.3. The van der Waals surface area contributed by atoms with Gasteiger partial charge in [0.05, 0.1) is 40.0 Å². The zero-order valence-corrected chi connectivity index (χ0v) is 34.9. The summed E-state index contributed by atoms with van der Waals surface area (Å²) in [7, 11) is 0. The molecule has 0 aliphatic carbocycles. The lowest BCUT2D eigenvalue weighted by Gasteiger charge is -2.48. The maximum atomic E-state index is 13.7. The molecule has 5 aromatic rings. The average Bonchev–Trinajstić information content (AvgIpc) is 3.33. The van der Waals surface area contributed by atoms with Crippen molar-refractivity contribution >= 4 is 29.8 Å². The second-order valence-electron chi connectivity index (χ2n) is 15.4. The lowest BCUT2D eigenvalue weighted by Crippen LogP contribution is -2.61. The number of carbonyl (C=O) groups excluding carboxylic acids is 5. The molecule has 5 aromatic carbocycles. The first-order valence-electron chi connectivity index (χ1n) is 20.8. The first-order chi connectivity index (χ1) is 30.6. The Morgan fingerprint density at radius 2 is 0.714 bits per heavy atom. The fourth-order valence-corrected chi connectivity index (χ4v) is 7.49. The Morgan fingerprint density at radius 1 is 0.381 bits per heavy atom. The van der Waals surface area contributed by atoms with E-state index in [-0.39, 0.29) is 29.2 Å². The van der Waals surface area contributed by atoms with Crippen LogP contribution in [0.25, 0.3) is 0 Å². The molecule has 2 aliphatic rings. The summed E-state index contributed by atoms with van der Waals surface area (Å²) in [5, 5.41) is 0. The van der Waals surface area contributed by atoms with Crippen molar-refractivity contribution < 1.29 is 61.9 Å². The molecular formula is C50H48O13. The van der Waals surface area contributed by atoms with Crippen LogP contribution >= 0.6 is 0 Å². The molecule has 0 radical (unpaired) electrons. The summed E-state index contributed by atoms with van der Waals surface area (Å²) in [4.78, 5) is 67.4. The van der Waals surface area contributed by atoms with E-state index in [0.29, 0.717) is 11.1 Å². The van der Waals surface area contributed by atoms with Crippen LogP contribution in [0.5, 0.6) is 0 Å². The summed E-state index contributed by atoms with van der Waals surface area (Å²) >= 11 is 0. The Labute approximate surface area is 365 Å². The fraction of sp³-hybridized carbons (Fsp3) is 0.300. The van der Waals surface area contributed by atoms with Crippen molar-refractivity contribution in [2.75, 3.05) is 13.2 Å². The normalized spacial score (nSPS) is 25.4. The van der Waals surface area contributed by atoms with Gasteiger partial charge in [-0.15, -0.1) is 0 Å². The minimum atomic E-state index is -1.51. The van der Waals surface area contributed by atoms with E-state index in [1.54, 1.807) is 159 Å². The van der Waals surface area contributed by atoms with Gasteiger partial charge in [0.25, 0.3) is 0 Å². The topological polar surface area (TPSA) is 159 Å². The Hall–Kier alpha value is -6.67. The van der Waals surface area contributed by atoms with Gasteiger partial charge in [-0.2, -0.15) is 0 Å². The minimum absolute atomic E-state index is 0.165. The molecule has 4 unspecified atom stereocenters. The van der Waals surface area contributed by atoms with Crippen LogP contribution in [0, 0.1) is 17.8 Å². The van der Waals surface area contributed by atoms with Gasteiger partial charge in [-0.1, -0.05) is 112 Å². The number of rotatable bonds is 14. The highest BCUT2D eigenvalue weighted by atomic mass is 16.8. The van der Waals surface area contributed by atoms with E-state index in [1.165, 1.54) is 0 Å². The highest BCUT2D eigenvalue weighted by Crippen LogP contribution is 2.39. The molecule has 0 bridgehead atoms. The van der Waals surface area contributed by atoms with Crippen molar-refractivity contribution in [3.8, 4) is 0 Å². The SMILES string of the molecule is C[C@@H]1C(OC(=O)c2ccccc2)[C@H](OC(=O)c2ccccc2)OC(COC(=O)c2ccccc2)[C@H]1O[C@@H]1OC(COC(=O)c2ccccc2)[C@H](C)[C@H](C)C1OC(=O)c1ccccc1. The third-order valence-electron chi connectivity index (χ3n) is 11.3. The van der Waals surface area contributed by atoms with E-state index in [2.05, 4.69) is 0 Å². The van der Waals surface area contributed by atoms with E-state index < -0.39 is 91.4 Å².